The van der Waals surface area contributed by atoms with E-state index in [1.165, 1.54) is 0 Å². The summed E-state index contributed by atoms with van der Waals surface area (Å²) in [6.07, 6.45) is -9.63. The number of hydrogen-bond acceptors (Lipinski definition) is 1. The second-order valence-electron chi connectivity index (χ2n) is 3.32. The fourth-order valence-electron chi connectivity index (χ4n) is 1.34. The first-order valence-electron chi connectivity index (χ1n) is 4.26. The molecular formula is C10H5F6N. The largest absolute Gasteiger partial charge is 0.417 e. The van der Waals surface area contributed by atoms with Gasteiger partial charge in [-0.15, -0.1) is 0 Å². The molecule has 0 saturated heterocycles. The SMILES string of the molecule is Cc1cc(C(F)(F)F)c(C#N)cc1C(F)(F)F. The van der Waals surface area contributed by atoms with Crippen molar-refractivity contribution in [3.8, 4) is 6.07 Å². The van der Waals surface area contributed by atoms with E-state index in [1.807, 2.05) is 0 Å². The van der Waals surface area contributed by atoms with Crippen molar-refractivity contribution in [2.24, 2.45) is 0 Å². The maximum atomic E-state index is 12.4. The Balaban J connectivity index is 3.53. The molecule has 0 fully saturated rings. The predicted octanol–water partition coefficient (Wildman–Crippen LogP) is 3.90. The van der Waals surface area contributed by atoms with Crippen LogP contribution in [0, 0.1) is 18.3 Å². The second kappa shape index (κ2) is 3.95. The summed E-state index contributed by atoms with van der Waals surface area (Å²) in [5, 5.41) is 8.45. The average molecular weight is 253 g/mol. The lowest BCUT2D eigenvalue weighted by atomic mass is 9.99. The third kappa shape index (κ3) is 2.70. The first kappa shape index (κ1) is 13.4. The molecule has 0 unspecified atom stereocenters. The zero-order valence-electron chi connectivity index (χ0n) is 8.37. The van der Waals surface area contributed by atoms with Gasteiger partial charge in [-0.1, -0.05) is 0 Å². The van der Waals surface area contributed by atoms with Crippen LogP contribution in [0.15, 0.2) is 12.1 Å². The Morgan fingerprint density at radius 2 is 1.41 bits per heavy atom. The third-order valence-corrected chi connectivity index (χ3v) is 2.10. The predicted molar refractivity (Wildman–Crippen MR) is 45.9 cm³/mol. The van der Waals surface area contributed by atoms with Gasteiger partial charge in [0, 0.05) is 0 Å². The van der Waals surface area contributed by atoms with Gasteiger partial charge in [0.25, 0.3) is 0 Å². The summed E-state index contributed by atoms with van der Waals surface area (Å²) in [4.78, 5) is 0. The minimum absolute atomic E-state index is 0.220. The van der Waals surface area contributed by atoms with Gasteiger partial charge in [0.05, 0.1) is 22.8 Å². The lowest BCUT2D eigenvalue weighted by Gasteiger charge is -2.14. The van der Waals surface area contributed by atoms with Gasteiger partial charge in [0.1, 0.15) is 0 Å². The molecule has 0 aromatic heterocycles. The average Bonchev–Trinajstić information content (AvgIpc) is 2.14. The van der Waals surface area contributed by atoms with Crippen LogP contribution < -0.4 is 0 Å². The highest BCUT2D eigenvalue weighted by molar-refractivity contribution is 5.46. The van der Waals surface area contributed by atoms with Crippen LogP contribution in [0.2, 0.25) is 0 Å². The quantitative estimate of drug-likeness (QED) is 0.643. The van der Waals surface area contributed by atoms with E-state index < -0.39 is 34.6 Å². The van der Waals surface area contributed by atoms with E-state index in [4.69, 9.17) is 5.26 Å². The smallest absolute Gasteiger partial charge is 0.192 e. The molecule has 0 atom stereocenters. The highest BCUT2D eigenvalue weighted by Gasteiger charge is 2.38. The molecule has 0 N–H and O–H groups in total. The normalized spacial score (nSPS) is 12.4. The fraction of sp³-hybridized carbons (Fsp3) is 0.300. The number of hydrogen-bond donors (Lipinski definition) is 0. The zero-order valence-corrected chi connectivity index (χ0v) is 8.37. The highest BCUT2D eigenvalue weighted by Crippen LogP contribution is 2.38. The van der Waals surface area contributed by atoms with Gasteiger partial charge in [-0.25, -0.2) is 0 Å². The van der Waals surface area contributed by atoms with Crippen molar-refractivity contribution in [3.63, 3.8) is 0 Å². The third-order valence-electron chi connectivity index (χ3n) is 2.10. The molecule has 0 aliphatic carbocycles. The molecule has 0 spiro atoms. The zero-order chi connectivity index (χ0) is 13.4. The van der Waals surface area contributed by atoms with Gasteiger partial charge in [-0.3, -0.25) is 0 Å². The van der Waals surface area contributed by atoms with Crippen LogP contribution in [-0.2, 0) is 12.4 Å². The first-order chi connectivity index (χ1) is 7.57. The standard InChI is InChI=1S/C10H5F6N/c1-5-2-8(10(14,15)16)6(4-17)3-7(5)9(11,12)13/h2-3H,1H3. The van der Waals surface area contributed by atoms with E-state index in [9.17, 15) is 26.3 Å². The summed E-state index contributed by atoms with van der Waals surface area (Å²) in [7, 11) is 0. The lowest BCUT2D eigenvalue weighted by Crippen LogP contribution is -2.13. The van der Waals surface area contributed by atoms with Crippen LogP contribution in [0.4, 0.5) is 26.3 Å². The van der Waals surface area contributed by atoms with Gasteiger partial charge in [0.15, 0.2) is 0 Å². The molecule has 0 aliphatic rings. The van der Waals surface area contributed by atoms with Crippen LogP contribution in [0.1, 0.15) is 22.3 Å². The maximum absolute atomic E-state index is 12.4. The molecule has 7 heteroatoms. The molecule has 0 bridgehead atoms. The van der Waals surface area contributed by atoms with Crippen molar-refractivity contribution in [2.45, 2.75) is 19.3 Å². The fourth-order valence-corrected chi connectivity index (χ4v) is 1.34. The summed E-state index contributed by atoms with van der Waals surface area (Å²) in [6, 6.07) is 1.68. The van der Waals surface area contributed by atoms with E-state index in [2.05, 4.69) is 0 Å². The van der Waals surface area contributed by atoms with Crippen molar-refractivity contribution in [3.05, 3.63) is 34.4 Å². The number of nitriles is 1. The van der Waals surface area contributed by atoms with Gasteiger partial charge < -0.3 is 0 Å². The van der Waals surface area contributed by atoms with Crippen molar-refractivity contribution < 1.29 is 26.3 Å². The molecule has 0 heterocycles. The Labute approximate surface area is 92.3 Å². The monoisotopic (exact) mass is 253 g/mol. The van der Waals surface area contributed by atoms with Crippen molar-refractivity contribution in [2.75, 3.05) is 0 Å². The van der Waals surface area contributed by atoms with Crippen LogP contribution in [-0.4, -0.2) is 0 Å². The number of alkyl halides is 6. The summed E-state index contributed by atoms with van der Waals surface area (Å²) in [5.74, 6) is 0. The topological polar surface area (TPSA) is 23.8 Å². The molecule has 92 valence electrons. The van der Waals surface area contributed by atoms with Gasteiger partial charge in [-0.2, -0.15) is 31.6 Å². The van der Waals surface area contributed by atoms with Gasteiger partial charge >= 0.3 is 12.4 Å². The molecule has 1 aromatic rings. The lowest BCUT2D eigenvalue weighted by molar-refractivity contribution is -0.141. The van der Waals surface area contributed by atoms with E-state index in [0.717, 1.165) is 13.0 Å². The van der Waals surface area contributed by atoms with E-state index in [0.29, 0.717) is 6.07 Å². The minimum atomic E-state index is -4.85. The van der Waals surface area contributed by atoms with Gasteiger partial charge in [0.2, 0.25) is 0 Å². The van der Waals surface area contributed by atoms with Crippen LogP contribution >= 0.6 is 0 Å². The molecule has 1 rings (SSSR count). The summed E-state index contributed by atoms with van der Waals surface area (Å²) in [6.45, 7) is 0.916. The van der Waals surface area contributed by atoms with Crippen LogP contribution in [0.5, 0.6) is 0 Å². The Bertz CT molecular complexity index is 477. The number of nitrogens with zero attached hydrogens (tertiary/aromatic N) is 1. The molecule has 1 aromatic carbocycles. The van der Waals surface area contributed by atoms with Crippen molar-refractivity contribution in [1.82, 2.24) is 0 Å². The molecule has 0 aliphatic heterocycles. The molecule has 1 nitrogen and oxygen atoms in total. The van der Waals surface area contributed by atoms with Gasteiger partial charge in [-0.05, 0) is 24.6 Å². The first-order valence-corrected chi connectivity index (χ1v) is 4.26. The minimum Gasteiger partial charge on any atom is -0.192 e. The Morgan fingerprint density at radius 3 is 1.76 bits per heavy atom. The molecule has 0 saturated carbocycles. The van der Waals surface area contributed by atoms with Crippen molar-refractivity contribution in [1.29, 1.82) is 5.26 Å². The number of benzene rings is 1. The Kier molecular flexibility index (Phi) is 3.10. The highest BCUT2D eigenvalue weighted by atomic mass is 19.4. The number of aryl methyl sites for hydroxylation is 1. The second-order valence-corrected chi connectivity index (χ2v) is 3.32. The van der Waals surface area contributed by atoms with Crippen molar-refractivity contribution >= 4 is 0 Å². The number of halogens is 6. The van der Waals surface area contributed by atoms with E-state index in [-0.39, 0.29) is 6.07 Å². The molecule has 17 heavy (non-hydrogen) atoms. The maximum Gasteiger partial charge on any atom is 0.417 e. The summed E-state index contributed by atoms with van der Waals surface area (Å²) < 4.78 is 74.4. The Hall–Kier alpha value is -1.71. The van der Waals surface area contributed by atoms with E-state index >= 15 is 0 Å². The summed E-state index contributed by atoms with van der Waals surface area (Å²) in [5.41, 5.74) is -4.19. The van der Waals surface area contributed by atoms with E-state index in [1.54, 1.807) is 0 Å². The Morgan fingerprint density at radius 1 is 0.941 bits per heavy atom. The molecule has 0 radical (unpaired) electrons. The number of rotatable bonds is 0. The molecular weight excluding hydrogens is 248 g/mol. The summed E-state index contributed by atoms with van der Waals surface area (Å²) >= 11 is 0. The molecule has 0 amide bonds. The van der Waals surface area contributed by atoms with Crippen LogP contribution in [0.25, 0.3) is 0 Å². The van der Waals surface area contributed by atoms with Crippen LogP contribution in [0.3, 0.4) is 0 Å².